The molecule has 0 amide bonds. The van der Waals surface area contributed by atoms with E-state index in [1.165, 1.54) is 0 Å². The number of benzene rings is 1. The molecule has 0 aromatic heterocycles. The van der Waals surface area contributed by atoms with Gasteiger partial charge in [-0.15, -0.1) is 0 Å². The van der Waals surface area contributed by atoms with Gasteiger partial charge in [0.2, 0.25) is 0 Å². The average molecular weight is 287 g/mol. The smallest absolute Gasteiger partial charge is 0.150 e. The molecule has 1 aromatic rings. The number of nitriles is 1. The van der Waals surface area contributed by atoms with Gasteiger partial charge in [0.15, 0.2) is 0 Å². The predicted octanol–water partition coefficient (Wildman–Crippen LogP) is 2.93. The summed E-state index contributed by atoms with van der Waals surface area (Å²) in [5.41, 5.74) is 2.05. The number of rotatable bonds is 9. The van der Waals surface area contributed by atoms with Gasteiger partial charge in [0.05, 0.1) is 11.3 Å². The zero-order chi connectivity index (χ0) is 15.7. The molecule has 0 fully saturated rings. The summed E-state index contributed by atoms with van der Waals surface area (Å²) in [5.74, 6) is 0. The predicted molar refractivity (Wildman–Crippen MR) is 86.8 cm³/mol. The Hall–Kier alpha value is -1.86. The summed E-state index contributed by atoms with van der Waals surface area (Å²) in [6.45, 7) is 11.4. The van der Waals surface area contributed by atoms with Crippen molar-refractivity contribution in [2.24, 2.45) is 0 Å². The van der Waals surface area contributed by atoms with Crippen molar-refractivity contribution in [1.82, 2.24) is 4.90 Å². The summed E-state index contributed by atoms with van der Waals surface area (Å²) >= 11 is 0. The lowest BCUT2D eigenvalue weighted by molar-refractivity contribution is 0.112. The van der Waals surface area contributed by atoms with Gasteiger partial charge >= 0.3 is 0 Å². The molecule has 0 atom stereocenters. The van der Waals surface area contributed by atoms with Gasteiger partial charge in [0, 0.05) is 18.7 Å². The van der Waals surface area contributed by atoms with Crippen LogP contribution in [0.4, 0.5) is 5.69 Å². The highest BCUT2D eigenvalue weighted by Gasteiger charge is 2.11. The molecule has 0 spiro atoms. The van der Waals surface area contributed by atoms with Gasteiger partial charge in [-0.1, -0.05) is 13.8 Å². The molecule has 0 bridgehead atoms. The average Bonchev–Trinajstić information content (AvgIpc) is 2.55. The first kappa shape index (κ1) is 17.2. The van der Waals surface area contributed by atoms with Crippen molar-refractivity contribution in [3.63, 3.8) is 0 Å². The van der Waals surface area contributed by atoms with E-state index in [-0.39, 0.29) is 0 Å². The maximum atomic E-state index is 10.8. The molecule has 4 nitrogen and oxygen atoms in total. The number of anilines is 1. The van der Waals surface area contributed by atoms with Gasteiger partial charge in [-0.3, -0.25) is 4.79 Å². The monoisotopic (exact) mass is 287 g/mol. The van der Waals surface area contributed by atoms with Crippen LogP contribution in [0.2, 0.25) is 0 Å². The van der Waals surface area contributed by atoms with Crippen molar-refractivity contribution < 1.29 is 4.79 Å². The van der Waals surface area contributed by atoms with Crippen LogP contribution in [0.25, 0.3) is 0 Å². The molecular weight excluding hydrogens is 262 g/mol. The lowest BCUT2D eigenvalue weighted by Gasteiger charge is -2.26. The Kier molecular flexibility index (Phi) is 7.49. The van der Waals surface area contributed by atoms with Crippen LogP contribution in [0.5, 0.6) is 0 Å². The summed E-state index contributed by atoms with van der Waals surface area (Å²) in [6.07, 6.45) is 1.84. The Morgan fingerprint density at radius 2 is 1.86 bits per heavy atom. The highest BCUT2D eigenvalue weighted by molar-refractivity contribution is 5.78. The molecule has 21 heavy (non-hydrogen) atoms. The van der Waals surface area contributed by atoms with Crippen molar-refractivity contribution in [3.8, 4) is 6.07 Å². The zero-order valence-corrected chi connectivity index (χ0v) is 13.3. The van der Waals surface area contributed by atoms with E-state index < -0.39 is 0 Å². The van der Waals surface area contributed by atoms with Crippen LogP contribution in [0.15, 0.2) is 18.2 Å². The second-order valence-electron chi connectivity index (χ2n) is 4.97. The van der Waals surface area contributed by atoms with E-state index in [0.717, 1.165) is 51.1 Å². The lowest BCUT2D eigenvalue weighted by atomic mass is 10.1. The highest BCUT2D eigenvalue weighted by Crippen LogP contribution is 2.21. The third-order valence-electron chi connectivity index (χ3n) is 3.80. The fraction of sp³-hybridized carbons (Fsp3) is 0.529. The van der Waals surface area contributed by atoms with E-state index in [9.17, 15) is 10.1 Å². The number of carbonyl (C=O) groups excluding carboxylic acids is 1. The first-order valence-corrected chi connectivity index (χ1v) is 7.66. The number of hydrogen-bond donors (Lipinski definition) is 0. The van der Waals surface area contributed by atoms with Gasteiger partial charge < -0.3 is 9.80 Å². The Bertz CT molecular complexity index is 489. The van der Waals surface area contributed by atoms with Crippen molar-refractivity contribution in [1.29, 1.82) is 5.26 Å². The van der Waals surface area contributed by atoms with Crippen LogP contribution in [-0.2, 0) is 0 Å². The molecule has 0 N–H and O–H groups in total. The van der Waals surface area contributed by atoms with Crippen LogP contribution in [0.1, 0.15) is 43.1 Å². The van der Waals surface area contributed by atoms with E-state index in [0.29, 0.717) is 11.1 Å². The molecule has 0 saturated heterocycles. The Morgan fingerprint density at radius 1 is 1.14 bits per heavy atom. The Balaban J connectivity index is 2.76. The van der Waals surface area contributed by atoms with Crippen LogP contribution in [-0.4, -0.2) is 43.9 Å². The van der Waals surface area contributed by atoms with E-state index in [4.69, 9.17) is 0 Å². The summed E-state index contributed by atoms with van der Waals surface area (Å²) in [5, 5.41) is 9.27. The first-order chi connectivity index (χ1) is 10.2. The van der Waals surface area contributed by atoms with Gasteiger partial charge in [0.1, 0.15) is 12.4 Å². The fourth-order valence-corrected chi connectivity index (χ4v) is 2.47. The number of carbonyl (C=O) groups is 1. The second-order valence-corrected chi connectivity index (χ2v) is 4.97. The topological polar surface area (TPSA) is 47.3 Å². The van der Waals surface area contributed by atoms with E-state index in [1.54, 1.807) is 12.1 Å². The number of aldehydes is 1. The summed E-state index contributed by atoms with van der Waals surface area (Å²) in [4.78, 5) is 15.4. The zero-order valence-electron chi connectivity index (χ0n) is 13.3. The molecule has 0 saturated carbocycles. The van der Waals surface area contributed by atoms with Crippen LogP contribution < -0.4 is 4.90 Å². The van der Waals surface area contributed by atoms with Gasteiger partial charge in [-0.25, -0.2) is 0 Å². The summed E-state index contributed by atoms with van der Waals surface area (Å²) in [7, 11) is 0. The maximum Gasteiger partial charge on any atom is 0.150 e. The van der Waals surface area contributed by atoms with E-state index in [2.05, 4.69) is 36.6 Å². The third-order valence-corrected chi connectivity index (χ3v) is 3.80. The normalized spacial score (nSPS) is 10.4. The highest BCUT2D eigenvalue weighted by atomic mass is 16.1. The molecule has 1 rings (SSSR count). The SMILES string of the molecule is CCN(CC)CCCN(CC)c1ccc(C=O)cc1C#N. The number of nitrogens with zero attached hydrogens (tertiary/aromatic N) is 3. The molecule has 0 unspecified atom stereocenters. The number of hydrogen-bond acceptors (Lipinski definition) is 4. The third kappa shape index (κ3) is 4.87. The molecule has 114 valence electrons. The molecule has 0 aliphatic rings. The first-order valence-electron chi connectivity index (χ1n) is 7.66. The van der Waals surface area contributed by atoms with Crippen LogP contribution >= 0.6 is 0 Å². The maximum absolute atomic E-state index is 10.8. The van der Waals surface area contributed by atoms with Gasteiger partial charge in [-0.2, -0.15) is 5.26 Å². The fourth-order valence-electron chi connectivity index (χ4n) is 2.47. The minimum atomic E-state index is 0.550. The van der Waals surface area contributed by atoms with Crippen molar-refractivity contribution >= 4 is 12.0 Å². The summed E-state index contributed by atoms with van der Waals surface area (Å²) in [6, 6.07) is 7.51. The molecule has 0 radical (unpaired) electrons. The van der Waals surface area contributed by atoms with Crippen molar-refractivity contribution in [2.45, 2.75) is 27.2 Å². The second kappa shape index (κ2) is 9.15. The van der Waals surface area contributed by atoms with Crippen LogP contribution in [0, 0.1) is 11.3 Å². The Labute approximate surface area is 128 Å². The lowest BCUT2D eigenvalue weighted by Crippen LogP contribution is -2.30. The molecule has 4 heteroatoms. The minimum Gasteiger partial charge on any atom is -0.371 e. The summed E-state index contributed by atoms with van der Waals surface area (Å²) < 4.78 is 0. The van der Waals surface area contributed by atoms with Crippen molar-refractivity contribution in [3.05, 3.63) is 29.3 Å². The quantitative estimate of drug-likeness (QED) is 0.655. The Morgan fingerprint density at radius 3 is 2.38 bits per heavy atom. The largest absolute Gasteiger partial charge is 0.371 e. The minimum absolute atomic E-state index is 0.550. The molecular formula is C17H25N3O. The molecule has 0 heterocycles. The van der Waals surface area contributed by atoms with Gasteiger partial charge in [-0.05, 0) is 51.2 Å². The standard InChI is InChI=1S/C17H25N3O/c1-4-19(5-2)10-7-11-20(6-3)17-9-8-15(14-21)12-16(17)13-18/h8-9,12,14H,4-7,10-11H2,1-3H3. The van der Waals surface area contributed by atoms with Crippen LogP contribution in [0.3, 0.4) is 0 Å². The van der Waals surface area contributed by atoms with Crippen molar-refractivity contribution in [2.75, 3.05) is 37.6 Å². The molecule has 0 aliphatic carbocycles. The van der Waals surface area contributed by atoms with Gasteiger partial charge in [0.25, 0.3) is 0 Å². The molecule has 0 aliphatic heterocycles. The van der Waals surface area contributed by atoms with E-state index >= 15 is 0 Å². The molecule has 1 aromatic carbocycles. The van der Waals surface area contributed by atoms with E-state index in [1.807, 2.05) is 6.07 Å².